The second-order valence-electron chi connectivity index (χ2n) is 3.67. The minimum absolute atomic E-state index is 0.118. The van der Waals surface area contributed by atoms with Gasteiger partial charge in [-0.1, -0.05) is 12.6 Å². The van der Waals surface area contributed by atoms with Crippen LogP contribution >= 0.6 is 22.7 Å². The van der Waals surface area contributed by atoms with Crippen molar-refractivity contribution < 1.29 is 5.11 Å². The summed E-state index contributed by atoms with van der Waals surface area (Å²) in [7, 11) is 0. The molecule has 0 spiro atoms. The molecule has 0 aromatic carbocycles. The summed E-state index contributed by atoms with van der Waals surface area (Å²) in [4.78, 5) is 20.4. The molecule has 0 atom stereocenters. The zero-order valence-electron chi connectivity index (χ0n) is 9.14. The molecule has 0 radical (unpaired) electrons. The summed E-state index contributed by atoms with van der Waals surface area (Å²) < 4.78 is 0. The largest absolute Gasteiger partial charge is 0.505 e. The van der Waals surface area contributed by atoms with Gasteiger partial charge in [-0.15, -0.1) is 22.7 Å². The number of nitrogens with one attached hydrogen (secondary N) is 1. The Labute approximate surface area is 110 Å². The first kappa shape index (κ1) is 11.2. The molecule has 0 amide bonds. The summed E-state index contributed by atoms with van der Waals surface area (Å²) in [5.41, 5.74) is 0.628. The van der Waals surface area contributed by atoms with Gasteiger partial charge in [0.1, 0.15) is 4.83 Å². The fraction of sp³-hybridized carbons (Fsp3) is 0. The van der Waals surface area contributed by atoms with E-state index in [0.717, 1.165) is 10.4 Å². The molecule has 0 unspecified atom stereocenters. The second-order valence-corrected chi connectivity index (χ2v) is 5.47. The first-order valence-electron chi connectivity index (χ1n) is 5.10. The maximum atomic E-state index is 12.0. The average molecular weight is 276 g/mol. The predicted molar refractivity (Wildman–Crippen MR) is 75.2 cm³/mol. The topological polar surface area (TPSA) is 66.0 Å². The zero-order chi connectivity index (χ0) is 12.7. The van der Waals surface area contributed by atoms with E-state index in [1.54, 1.807) is 11.3 Å². The molecule has 3 rings (SSSR count). The van der Waals surface area contributed by atoms with Crippen LogP contribution < -0.4 is 5.56 Å². The summed E-state index contributed by atoms with van der Waals surface area (Å²) in [6.45, 7) is 3.36. The molecule has 0 saturated carbocycles. The van der Waals surface area contributed by atoms with Gasteiger partial charge < -0.3 is 10.1 Å². The van der Waals surface area contributed by atoms with Crippen molar-refractivity contribution in [1.29, 1.82) is 0 Å². The van der Waals surface area contributed by atoms with Crippen molar-refractivity contribution in [1.82, 2.24) is 9.97 Å². The molecule has 4 nitrogen and oxygen atoms in total. The van der Waals surface area contributed by atoms with Gasteiger partial charge in [-0.2, -0.15) is 0 Å². The molecule has 90 valence electrons. The molecule has 6 heteroatoms. The standard InChI is InChI=1S/C12H8N2O2S2/c1-6(15)10-13-11(16)9-7(5-18-12(9)14-10)8-3-2-4-17-8/h2-5,15H,1H2,(H,13,14,16). The number of hydrogen-bond acceptors (Lipinski definition) is 5. The predicted octanol–water partition coefficient (Wildman–Crippen LogP) is 3.24. The number of thiophene rings is 2. The Morgan fingerprint density at radius 2 is 2.28 bits per heavy atom. The van der Waals surface area contributed by atoms with Gasteiger partial charge in [0.15, 0.2) is 11.6 Å². The van der Waals surface area contributed by atoms with Gasteiger partial charge in [-0.3, -0.25) is 4.79 Å². The van der Waals surface area contributed by atoms with E-state index < -0.39 is 0 Å². The normalized spacial score (nSPS) is 10.9. The highest BCUT2D eigenvalue weighted by Gasteiger charge is 2.14. The molecular formula is C12H8N2O2S2. The zero-order valence-corrected chi connectivity index (χ0v) is 10.8. The van der Waals surface area contributed by atoms with Crippen LogP contribution in [-0.2, 0) is 0 Å². The third-order valence-electron chi connectivity index (χ3n) is 2.50. The van der Waals surface area contributed by atoms with E-state index in [9.17, 15) is 9.90 Å². The lowest BCUT2D eigenvalue weighted by molar-refractivity contribution is 0.507. The molecule has 0 aliphatic carbocycles. The Morgan fingerprint density at radius 1 is 1.44 bits per heavy atom. The fourth-order valence-electron chi connectivity index (χ4n) is 1.70. The summed E-state index contributed by atoms with van der Waals surface area (Å²) >= 11 is 2.96. The van der Waals surface area contributed by atoms with Crippen LogP contribution in [0.25, 0.3) is 26.4 Å². The molecule has 0 saturated heterocycles. The molecule has 3 aromatic rings. The van der Waals surface area contributed by atoms with Crippen LogP contribution in [0.2, 0.25) is 0 Å². The number of nitrogens with zero attached hydrogens (tertiary/aromatic N) is 1. The highest BCUT2D eigenvalue weighted by Crippen LogP contribution is 2.33. The number of rotatable bonds is 2. The number of H-pyrrole nitrogens is 1. The molecule has 2 N–H and O–H groups in total. The summed E-state index contributed by atoms with van der Waals surface area (Å²) in [5, 5.41) is 13.7. The minimum atomic E-state index is -0.255. The Kier molecular flexibility index (Phi) is 2.53. The van der Waals surface area contributed by atoms with Crippen molar-refractivity contribution in [2.24, 2.45) is 0 Å². The monoisotopic (exact) mass is 276 g/mol. The van der Waals surface area contributed by atoms with Gasteiger partial charge in [0.05, 0.1) is 5.39 Å². The van der Waals surface area contributed by atoms with Gasteiger partial charge in [-0.05, 0) is 11.4 Å². The van der Waals surface area contributed by atoms with E-state index in [1.807, 2.05) is 22.9 Å². The molecule has 18 heavy (non-hydrogen) atoms. The van der Waals surface area contributed by atoms with E-state index in [-0.39, 0.29) is 17.1 Å². The van der Waals surface area contributed by atoms with E-state index >= 15 is 0 Å². The van der Waals surface area contributed by atoms with Crippen molar-refractivity contribution in [2.45, 2.75) is 0 Å². The van der Waals surface area contributed by atoms with Crippen molar-refractivity contribution in [2.75, 3.05) is 0 Å². The Morgan fingerprint density at radius 3 is 2.94 bits per heavy atom. The smallest absolute Gasteiger partial charge is 0.260 e. The number of aliphatic hydroxyl groups excluding tert-OH is 1. The molecule has 3 aromatic heterocycles. The van der Waals surface area contributed by atoms with Crippen molar-refractivity contribution in [3.8, 4) is 10.4 Å². The lowest BCUT2D eigenvalue weighted by Gasteiger charge is -1.98. The summed E-state index contributed by atoms with van der Waals surface area (Å²) in [6, 6.07) is 3.90. The van der Waals surface area contributed by atoms with Gasteiger partial charge in [-0.25, -0.2) is 4.98 Å². The summed E-state index contributed by atoms with van der Waals surface area (Å²) in [6.07, 6.45) is 0. The first-order chi connectivity index (χ1) is 8.66. The highest BCUT2D eigenvalue weighted by atomic mass is 32.1. The van der Waals surface area contributed by atoms with Crippen LogP contribution in [0.5, 0.6) is 0 Å². The maximum Gasteiger partial charge on any atom is 0.260 e. The summed E-state index contributed by atoms with van der Waals surface area (Å²) in [5.74, 6) is -0.118. The van der Waals surface area contributed by atoms with Crippen LogP contribution in [0, 0.1) is 0 Å². The second kappa shape index (κ2) is 4.08. The average Bonchev–Trinajstić information content (AvgIpc) is 2.96. The Hall–Kier alpha value is -1.92. The quantitative estimate of drug-likeness (QED) is 0.706. The number of aromatic amines is 1. The van der Waals surface area contributed by atoms with Crippen molar-refractivity contribution in [3.63, 3.8) is 0 Å². The van der Waals surface area contributed by atoms with E-state index in [4.69, 9.17) is 0 Å². The van der Waals surface area contributed by atoms with Crippen molar-refractivity contribution in [3.05, 3.63) is 45.7 Å². The molecule has 3 heterocycles. The highest BCUT2D eigenvalue weighted by molar-refractivity contribution is 7.18. The van der Waals surface area contributed by atoms with Gasteiger partial charge >= 0.3 is 0 Å². The Bertz CT molecular complexity index is 784. The molecule has 0 fully saturated rings. The Balaban J connectivity index is 2.33. The fourth-order valence-corrected chi connectivity index (χ4v) is 3.46. The SMILES string of the molecule is C=C(O)c1nc2scc(-c3cccs3)c2c(=O)[nH]1. The van der Waals surface area contributed by atoms with E-state index in [1.165, 1.54) is 11.3 Å². The minimum Gasteiger partial charge on any atom is -0.505 e. The van der Waals surface area contributed by atoms with Crippen LogP contribution in [0.3, 0.4) is 0 Å². The third kappa shape index (κ3) is 1.66. The van der Waals surface area contributed by atoms with Gasteiger partial charge in [0, 0.05) is 15.8 Å². The third-order valence-corrected chi connectivity index (χ3v) is 4.28. The van der Waals surface area contributed by atoms with Gasteiger partial charge in [0.25, 0.3) is 5.56 Å². The lowest BCUT2D eigenvalue weighted by Crippen LogP contribution is -2.10. The van der Waals surface area contributed by atoms with E-state index in [0.29, 0.717) is 10.2 Å². The van der Waals surface area contributed by atoms with E-state index in [2.05, 4.69) is 16.5 Å². The van der Waals surface area contributed by atoms with Crippen molar-refractivity contribution >= 4 is 38.6 Å². The van der Waals surface area contributed by atoms with Crippen LogP contribution in [0.15, 0.2) is 34.3 Å². The van der Waals surface area contributed by atoms with Gasteiger partial charge in [0.2, 0.25) is 0 Å². The lowest BCUT2D eigenvalue weighted by atomic mass is 10.2. The molecule has 0 aliphatic rings. The number of aliphatic hydroxyl groups is 1. The number of fused-ring (bicyclic) bond motifs is 1. The molecule has 0 bridgehead atoms. The number of aromatic nitrogens is 2. The number of hydrogen-bond donors (Lipinski definition) is 2. The molecule has 0 aliphatic heterocycles. The molecular weight excluding hydrogens is 268 g/mol. The van der Waals surface area contributed by atoms with Crippen LogP contribution in [-0.4, -0.2) is 15.1 Å². The van der Waals surface area contributed by atoms with Crippen LogP contribution in [0.4, 0.5) is 0 Å². The maximum absolute atomic E-state index is 12.0. The van der Waals surface area contributed by atoms with Crippen LogP contribution in [0.1, 0.15) is 5.82 Å². The first-order valence-corrected chi connectivity index (χ1v) is 6.86.